The number of hydrogen-bond acceptors (Lipinski definition) is 3. The highest BCUT2D eigenvalue weighted by Gasteiger charge is 2.37. The molecule has 0 rings (SSSR count). The van der Waals surface area contributed by atoms with E-state index in [9.17, 15) is 13.2 Å². The summed E-state index contributed by atoms with van der Waals surface area (Å²) in [6.07, 6.45) is -4.82. The maximum atomic E-state index is 11.0. The van der Waals surface area contributed by atoms with Gasteiger partial charge in [-0.3, -0.25) is 10.0 Å². The quantitative estimate of drug-likeness (QED) is 0.421. The molecular formula is C2H4F3NO2. The molecule has 1 N–H and O–H groups in total. The van der Waals surface area contributed by atoms with Crippen LogP contribution < -0.4 is 0 Å². The van der Waals surface area contributed by atoms with Crippen molar-refractivity contribution in [3.63, 3.8) is 0 Å². The first-order valence-corrected chi connectivity index (χ1v) is 1.58. The molecule has 0 aromatic carbocycles. The van der Waals surface area contributed by atoms with Crippen molar-refractivity contribution in [2.45, 2.75) is 6.30 Å². The number of hydrogen-bond donors (Lipinski definition) is 1. The van der Waals surface area contributed by atoms with E-state index >= 15 is 0 Å². The van der Waals surface area contributed by atoms with Crippen molar-refractivity contribution in [3.8, 4) is 0 Å². The summed E-state index contributed by atoms with van der Waals surface area (Å²) in [6.45, 7) is 0. The third-order valence-electron chi connectivity index (χ3n) is 0.390. The first-order chi connectivity index (χ1) is 3.48. The van der Waals surface area contributed by atoms with Crippen molar-refractivity contribution in [3.05, 3.63) is 0 Å². The van der Waals surface area contributed by atoms with Crippen LogP contribution in [0.25, 0.3) is 0 Å². The highest BCUT2D eigenvalue weighted by molar-refractivity contribution is 4.26. The summed E-state index contributed by atoms with van der Waals surface area (Å²) >= 11 is 0. The van der Waals surface area contributed by atoms with Crippen molar-refractivity contribution in [2.24, 2.45) is 0 Å². The van der Waals surface area contributed by atoms with E-state index in [0.717, 1.165) is 0 Å². The van der Waals surface area contributed by atoms with Crippen molar-refractivity contribution in [1.82, 2.24) is 5.23 Å². The van der Waals surface area contributed by atoms with E-state index < -0.39 is 11.5 Å². The number of nitrogens with zero attached hydrogens (tertiary/aromatic N) is 1. The highest BCUT2D eigenvalue weighted by atomic mass is 19.4. The van der Waals surface area contributed by atoms with E-state index in [-0.39, 0.29) is 0 Å². The molecule has 0 spiro atoms. The van der Waals surface area contributed by atoms with Gasteiger partial charge in [0.05, 0.1) is 7.11 Å². The minimum absolute atomic E-state index is 0.702. The summed E-state index contributed by atoms with van der Waals surface area (Å²) in [4.78, 5) is 3.38. The molecule has 3 nitrogen and oxygen atoms in total. The van der Waals surface area contributed by atoms with Crippen molar-refractivity contribution < 1.29 is 23.2 Å². The Kier molecular flexibility index (Phi) is 2.20. The van der Waals surface area contributed by atoms with E-state index in [2.05, 4.69) is 4.84 Å². The maximum Gasteiger partial charge on any atom is 0.507 e. The average Bonchev–Trinajstić information content (AvgIpc) is 1.62. The SMILES string of the molecule is CON(O)C(F)(F)F. The summed E-state index contributed by atoms with van der Waals surface area (Å²) in [7, 11) is 0.702. The average molecular weight is 131 g/mol. The first kappa shape index (κ1) is 7.67. The van der Waals surface area contributed by atoms with Gasteiger partial charge in [-0.25, -0.2) is 0 Å². The van der Waals surface area contributed by atoms with Crippen molar-refractivity contribution in [2.75, 3.05) is 7.11 Å². The number of rotatable bonds is 1. The zero-order chi connectivity index (χ0) is 6.78. The monoisotopic (exact) mass is 131 g/mol. The summed E-state index contributed by atoms with van der Waals surface area (Å²) in [5, 5.41) is 6.49. The fourth-order valence-electron chi connectivity index (χ4n) is 0.104. The molecule has 0 atom stereocenters. The van der Waals surface area contributed by atoms with E-state index in [0.29, 0.717) is 7.11 Å². The lowest BCUT2D eigenvalue weighted by Crippen LogP contribution is -2.33. The second-order valence-corrected chi connectivity index (χ2v) is 0.923. The van der Waals surface area contributed by atoms with Crippen LogP contribution in [0.2, 0.25) is 0 Å². The molecule has 0 aromatic heterocycles. The van der Waals surface area contributed by atoms with Crippen LogP contribution in [-0.4, -0.2) is 23.8 Å². The van der Waals surface area contributed by atoms with Gasteiger partial charge in [-0.2, -0.15) is 13.2 Å². The highest BCUT2D eigenvalue weighted by Crippen LogP contribution is 2.17. The number of alkyl halides is 3. The smallest absolute Gasteiger partial charge is 0.282 e. The van der Waals surface area contributed by atoms with Gasteiger partial charge >= 0.3 is 6.30 Å². The largest absolute Gasteiger partial charge is 0.507 e. The zero-order valence-corrected chi connectivity index (χ0v) is 3.94. The van der Waals surface area contributed by atoms with Gasteiger partial charge in [0, 0.05) is 5.23 Å². The lowest BCUT2D eigenvalue weighted by Gasteiger charge is -2.12. The van der Waals surface area contributed by atoms with Gasteiger partial charge in [0.1, 0.15) is 0 Å². The summed E-state index contributed by atoms with van der Waals surface area (Å²) < 4.78 is 33.0. The van der Waals surface area contributed by atoms with Gasteiger partial charge in [0.2, 0.25) is 0 Å². The van der Waals surface area contributed by atoms with Crippen molar-refractivity contribution >= 4 is 0 Å². The molecule has 0 aliphatic heterocycles. The van der Waals surface area contributed by atoms with Crippen LogP contribution in [0.3, 0.4) is 0 Å². The Hall–Kier alpha value is -0.330. The molecule has 0 fully saturated rings. The van der Waals surface area contributed by atoms with Gasteiger partial charge in [-0.05, 0) is 0 Å². The molecule has 0 aliphatic carbocycles. The molecule has 0 saturated heterocycles. The molecule has 0 radical (unpaired) electrons. The standard InChI is InChI=1S/C2H4F3NO2/c1-8-6(7)2(3,4)5/h7H,1H3. The third kappa shape index (κ3) is 2.10. The van der Waals surface area contributed by atoms with Gasteiger partial charge < -0.3 is 0 Å². The Bertz CT molecular complexity index is 72.2. The molecule has 0 aromatic rings. The molecular weight excluding hydrogens is 127 g/mol. The zero-order valence-electron chi connectivity index (χ0n) is 3.94. The second-order valence-electron chi connectivity index (χ2n) is 0.923. The summed E-state index contributed by atoms with van der Waals surface area (Å²) in [5.74, 6) is 0. The molecule has 8 heavy (non-hydrogen) atoms. The molecule has 50 valence electrons. The van der Waals surface area contributed by atoms with Gasteiger partial charge in [-0.15, -0.1) is 0 Å². The minimum atomic E-state index is -4.82. The number of halogens is 3. The van der Waals surface area contributed by atoms with Crippen LogP contribution in [0.1, 0.15) is 0 Å². The van der Waals surface area contributed by atoms with E-state index in [4.69, 9.17) is 5.21 Å². The van der Waals surface area contributed by atoms with Gasteiger partial charge in [-0.1, -0.05) is 0 Å². The predicted molar refractivity (Wildman–Crippen MR) is 16.7 cm³/mol. The van der Waals surface area contributed by atoms with E-state index in [1.165, 1.54) is 0 Å². The Morgan fingerprint density at radius 1 is 1.50 bits per heavy atom. The van der Waals surface area contributed by atoms with Crippen LogP contribution in [0.4, 0.5) is 13.2 Å². The van der Waals surface area contributed by atoms with Gasteiger partial charge in [0.25, 0.3) is 0 Å². The third-order valence-corrected chi connectivity index (χ3v) is 0.390. The molecule has 0 amide bonds. The topological polar surface area (TPSA) is 32.7 Å². The lowest BCUT2D eigenvalue weighted by molar-refractivity contribution is -0.479. The summed E-state index contributed by atoms with van der Waals surface area (Å²) in [6, 6.07) is 0. The molecule has 0 saturated carbocycles. The Morgan fingerprint density at radius 2 is 1.88 bits per heavy atom. The van der Waals surface area contributed by atoms with Crippen LogP contribution >= 0.6 is 0 Å². The molecule has 0 bridgehead atoms. The predicted octanol–water partition coefficient (Wildman–Crippen LogP) is 0.759. The van der Waals surface area contributed by atoms with Gasteiger partial charge in [0.15, 0.2) is 0 Å². The fourth-order valence-corrected chi connectivity index (χ4v) is 0.104. The molecule has 0 aliphatic rings. The van der Waals surface area contributed by atoms with Crippen LogP contribution in [0, 0.1) is 0 Å². The van der Waals surface area contributed by atoms with Crippen LogP contribution in [0.15, 0.2) is 0 Å². The normalized spacial score (nSPS) is 12.8. The maximum absolute atomic E-state index is 11.0. The van der Waals surface area contributed by atoms with E-state index in [1.54, 1.807) is 0 Å². The first-order valence-electron chi connectivity index (χ1n) is 1.58. The fraction of sp³-hybridized carbons (Fsp3) is 1.00. The molecule has 0 heterocycles. The Balaban J connectivity index is 3.62. The molecule has 6 heteroatoms. The van der Waals surface area contributed by atoms with E-state index in [1.807, 2.05) is 0 Å². The summed E-state index contributed by atoms with van der Waals surface area (Å²) in [5.41, 5.74) is 0. The van der Waals surface area contributed by atoms with Crippen molar-refractivity contribution in [1.29, 1.82) is 0 Å². The number of hydroxylamine groups is 2. The lowest BCUT2D eigenvalue weighted by atomic mass is 11.2. The van der Waals surface area contributed by atoms with Crippen LogP contribution in [0.5, 0.6) is 0 Å². The second kappa shape index (κ2) is 2.29. The molecule has 0 unspecified atom stereocenters. The van der Waals surface area contributed by atoms with Crippen LogP contribution in [-0.2, 0) is 4.84 Å². The Morgan fingerprint density at radius 3 is 1.88 bits per heavy atom. The Labute approximate surface area is 43.2 Å². The minimum Gasteiger partial charge on any atom is -0.282 e.